The highest BCUT2D eigenvalue weighted by atomic mass is 16.1. The Morgan fingerprint density at radius 2 is 2.00 bits per heavy atom. The van der Waals surface area contributed by atoms with Crippen molar-refractivity contribution in [2.75, 3.05) is 29.9 Å². The maximum Gasteiger partial charge on any atom is 0.238 e. The van der Waals surface area contributed by atoms with E-state index in [1.807, 2.05) is 25.1 Å². The number of pyridine rings is 1. The maximum atomic E-state index is 12.1. The summed E-state index contributed by atoms with van der Waals surface area (Å²) in [6.45, 7) is 9.14. The second kappa shape index (κ2) is 9.03. The minimum Gasteiger partial charge on any atom is -0.372 e. The van der Waals surface area contributed by atoms with Crippen molar-refractivity contribution < 1.29 is 4.79 Å². The van der Waals surface area contributed by atoms with Crippen LogP contribution < -0.4 is 15.5 Å². The van der Waals surface area contributed by atoms with Crippen LogP contribution in [0.2, 0.25) is 0 Å². The van der Waals surface area contributed by atoms with E-state index >= 15 is 0 Å². The van der Waals surface area contributed by atoms with Gasteiger partial charge in [-0.3, -0.25) is 9.78 Å². The van der Waals surface area contributed by atoms with E-state index in [0.29, 0.717) is 6.54 Å². The molecule has 0 aliphatic heterocycles. The first-order chi connectivity index (χ1) is 11.6. The number of carbonyl (C=O) groups excluding carboxylic acids is 1. The summed E-state index contributed by atoms with van der Waals surface area (Å²) in [5.41, 5.74) is 4.18. The fourth-order valence-electron chi connectivity index (χ4n) is 2.59. The average Bonchev–Trinajstić information content (AvgIpc) is 2.59. The van der Waals surface area contributed by atoms with E-state index in [-0.39, 0.29) is 12.5 Å². The minimum absolute atomic E-state index is 0.0439. The van der Waals surface area contributed by atoms with E-state index in [1.165, 1.54) is 5.69 Å². The molecule has 0 saturated heterocycles. The van der Waals surface area contributed by atoms with Gasteiger partial charge in [0.1, 0.15) is 0 Å². The Hall–Kier alpha value is -2.40. The van der Waals surface area contributed by atoms with Crippen LogP contribution in [0.1, 0.15) is 25.0 Å². The summed E-state index contributed by atoms with van der Waals surface area (Å²) in [4.78, 5) is 18.4. The molecule has 0 fully saturated rings. The van der Waals surface area contributed by atoms with E-state index in [1.54, 1.807) is 12.4 Å². The van der Waals surface area contributed by atoms with Gasteiger partial charge in [-0.1, -0.05) is 6.07 Å². The smallest absolute Gasteiger partial charge is 0.238 e. The molecule has 0 spiro atoms. The van der Waals surface area contributed by atoms with Crippen molar-refractivity contribution in [1.29, 1.82) is 0 Å². The topological polar surface area (TPSA) is 57.3 Å². The fraction of sp³-hybridized carbons (Fsp3) is 0.368. The third kappa shape index (κ3) is 5.06. The van der Waals surface area contributed by atoms with Gasteiger partial charge < -0.3 is 15.5 Å². The zero-order valence-electron chi connectivity index (χ0n) is 14.7. The van der Waals surface area contributed by atoms with Crippen molar-refractivity contribution in [3.8, 4) is 0 Å². The van der Waals surface area contributed by atoms with Gasteiger partial charge >= 0.3 is 0 Å². The molecule has 5 nitrogen and oxygen atoms in total. The third-order valence-electron chi connectivity index (χ3n) is 3.95. The van der Waals surface area contributed by atoms with Gasteiger partial charge in [-0.2, -0.15) is 0 Å². The van der Waals surface area contributed by atoms with Gasteiger partial charge in [0.05, 0.1) is 6.54 Å². The van der Waals surface area contributed by atoms with Crippen LogP contribution in [0, 0.1) is 6.92 Å². The van der Waals surface area contributed by atoms with Crippen molar-refractivity contribution in [2.24, 2.45) is 0 Å². The first-order valence-corrected chi connectivity index (χ1v) is 8.39. The molecule has 0 atom stereocenters. The molecule has 2 rings (SSSR count). The maximum absolute atomic E-state index is 12.1. The Morgan fingerprint density at radius 1 is 1.21 bits per heavy atom. The number of rotatable bonds is 8. The molecule has 0 bridgehead atoms. The molecule has 1 amide bonds. The second-order valence-electron chi connectivity index (χ2n) is 5.68. The van der Waals surface area contributed by atoms with Crippen LogP contribution in [-0.4, -0.2) is 30.5 Å². The van der Waals surface area contributed by atoms with Gasteiger partial charge in [0, 0.05) is 43.4 Å². The van der Waals surface area contributed by atoms with E-state index in [2.05, 4.69) is 46.5 Å². The molecule has 0 radical (unpaired) electrons. The monoisotopic (exact) mass is 326 g/mol. The highest BCUT2D eigenvalue weighted by Gasteiger charge is 2.07. The molecule has 0 aliphatic rings. The van der Waals surface area contributed by atoms with Crippen LogP contribution in [0.3, 0.4) is 0 Å². The summed E-state index contributed by atoms with van der Waals surface area (Å²) in [7, 11) is 0. The minimum atomic E-state index is -0.0439. The molecule has 0 aliphatic carbocycles. The fourth-order valence-corrected chi connectivity index (χ4v) is 2.59. The van der Waals surface area contributed by atoms with Crippen LogP contribution in [0.5, 0.6) is 0 Å². The number of nitrogens with one attached hydrogen (secondary N) is 2. The van der Waals surface area contributed by atoms with Crippen LogP contribution in [0.4, 0.5) is 11.4 Å². The largest absolute Gasteiger partial charge is 0.372 e. The summed E-state index contributed by atoms with van der Waals surface area (Å²) in [5, 5.41) is 6.09. The summed E-state index contributed by atoms with van der Waals surface area (Å²) in [6.07, 6.45) is 3.53. The summed E-state index contributed by atoms with van der Waals surface area (Å²) in [5.74, 6) is -0.0439. The predicted molar refractivity (Wildman–Crippen MR) is 99.3 cm³/mol. The summed E-state index contributed by atoms with van der Waals surface area (Å²) in [6, 6.07) is 10.0. The zero-order valence-corrected chi connectivity index (χ0v) is 14.7. The van der Waals surface area contributed by atoms with E-state index in [4.69, 9.17) is 0 Å². The van der Waals surface area contributed by atoms with Crippen LogP contribution in [0.15, 0.2) is 42.7 Å². The first kappa shape index (κ1) is 17.9. The molecule has 1 aromatic carbocycles. The normalized spacial score (nSPS) is 10.5. The van der Waals surface area contributed by atoms with Crippen molar-refractivity contribution >= 4 is 17.3 Å². The molecular formula is C19H26N4O. The second-order valence-corrected chi connectivity index (χ2v) is 5.68. The molecular weight excluding hydrogens is 300 g/mol. The Kier molecular flexibility index (Phi) is 6.75. The molecule has 0 saturated carbocycles. The summed E-state index contributed by atoms with van der Waals surface area (Å²) >= 11 is 0. The number of aryl methyl sites for hydroxylation is 1. The first-order valence-electron chi connectivity index (χ1n) is 8.39. The molecule has 24 heavy (non-hydrogen) atoms. The number of anilines is 2. The number of aromatic nitrogens is 1. The standard InChI is InChI=1S/C19H26N4O/c1-4-23(5-2)17-8-9-18(15(3)11-17)22-19(24)14-21-13-16-7-6-10-20-12-16/h6-12,21H,4-5,13-14H2,1-3H3,(H,22,24). The number of amides is 1. The third-order valence-corrected chi connectivity index (χ3v) is 3.95. The zero-order chi connectivity index (χ0) is 17.4. The molecule has 0 unspecified atom stereocenters. The van der Waals surface area contributed by atoms with Gasteiger partial charge in [-0.05, 0) is 56.2 Å². The lowest BCUT2D eigenvalue weighted by atomic mass is 10.1. The number of benzene rings is 1. The SMILES string of the molecule is CCN(CC)c1ccc(NC(=O)CNCc2cccnc2)c(C)c1. The van der Waals surface area contributed by atoms with Crippen molar-refractivity contribution in [2.45, 2.75) is 27.3 Å². The number of nitrogens with zero attached hydrogens (tertiary/aromatic N) is 2. The van der Waals surface area contributed by atoms with Crippen molar-refractivity contribution in [3.63, 3.8) is 0 Å². The molecule has 5 heteroatoms. The summed E-state index contributed by atoms with van der Waals surface area (Å²) < 4.78 is 0. The number of carbonyl (C=O) groups is 1. The van der Waals surface area contributed by atoms with Crippen LogP contribution in [-0.2, 0) is 11.3 Å². The van der Waals surface area contributed by atoms with Gasteiger partial charge in [0.15, 0.2) is 0 Å². The Balaban J connectivity index is 1.87. The molecule has 1 heterocycles. The molecule has 2 aromatic rings. The Labute approximate surface area is 144 Å². The lowest BCUT2D eigenvalue weighted by Gasteiger charge is -2.22. The van der Waals surface area contributed by atoms with Crippen molar-refractivity contribution in [3.05, 3.63) is 53.9 Å². The highest BCUT2D eigenvalue weighted by molar-refractivity contribution is 5.93. The number of hydrogen-bond donors (Lipinski definition) is 2. The van der Waals surface area contributed by atoms with Gasteiger partial charge in [0.25, 0.3) is 0 Å². The average molecular weight is 326 g/mol. The number of hydrogen-bond acceptors (Lipinski definition) is 4. The lowest BCUT2D eigenvalue weighted by Crippen LogP contribution is -2.28. The molecule has 2 N–H and O–H groups in total. The van der Waals surface area contributed by atoms with Crippen LogP contribution >= 0.6 is 0 Å². The van der Waals surface area contributed by atoms with Gasteiger partial charge in [-0.15, -0.1) is 0 Å². The van der Waals surface area contributed by atoms with Gasteiger partial charge in [0.2, 0.25) is 5.91 Å². The predicted octanol–water partition coefficient (Wildman–Crippen LogP) is 2.96. The van der Waals surface area contributed by atoms with E-state index in [9.17, 15) is 4.79 Å². The Bertz CT molecular complexity index is 654. The quantitative estimate of drug-likeness (QED) is 0.783. The van der Waals surface area contributed by atoms with E-state index < -0.39 is 0 Å². The van der Waals surface area contributed by atoms with Crippen LogP contribution in [0.25, 0.3) is 0 Å². The van der Waals surface area contributed by atoms with E-state index in [0.717, 1.165) is 29.9 Å². The molecule has 128 valence electrons. The lowest BCUT2D eigenvalue weighted by molar-refractivity contribution is -0.115. The van der Waals surface area contributed by atoms with Crippen molar-refractivity contribution in [1.82, 2.24) is 10.3 Å². The highest BCUT2D eigenvalue weighted by Crippen LogP contribution is 2.22. The Morgan fingerprint density at radius 3 is 2.62 bits per heavy atom. The molecule has 1 aromatic heterocycles. The van der Waals surface area contributed by atoms with Gasteiger partial charge in [-0.25, -0.2) is 0 Å².